The molecular weight excluding hydrogens is 243 g/mol. The van der Waals surface area contributed by atoms with Crippen molar-refractivity contribution >= 4 is 0 Å². The number of alkyl halides is 3. The summed E-state index contributed by atoms with van der Waals surface area (Å²) in [6.45, 7) is 5.58. The zero-order valence-electron chi connectivity index (χ0n) is 10.6. The Hall–Kier alpha value is -1.04. The number of hydrogen-bond acceptors (Lipinski definition) is 2. The lowest BCUT2D eigenvalue weighted by Gasteiger charge is -2.17. The number of nitrogens with one attached hydrogen (secondary N) is 1. The molecule has 0 atom stereocenters. The van der Waals surface area contributed by atoms with Crippen LogP contribution in [0.25, 0.3) is 0 Å². The molecule has 1 N–H and O–H groups in total. The molecule has 0 aromatic carbocycles. The van der Waals surface area contributed by atoms with E-state index in [9.17, 15) is 13.2 Å². The quantitative estimate of drug-likeness (QED) is 0.906. The van der Waals surface area contributed by atoms with Gasteiger partial charge in [0.25, 0.3) is 0 Å². The van der Waals surface area contributed by atoms with E-state index in [1.165, 1.54) is 4.57 Å². The maximum absolute atomic E-state index is 13.0. The molecule has 0 spiro atoms. The predicted molar refractivity (Wildman–Crippen MR) is 62.1 cm³/mol. The first kappa shape index (κ1) is 13.4. The summed E-state index contributed by atoms with van der Waals surface area (Å²) in [5.41, 5.74) is 1.30. The number of imidazole rings is 1. The van der Waals surface area contributed by atoms with E-state index in [0.29, 0.717) is 31.1 Å². The van der Waals surface area contributed by atoms with Crippen LogP contribution in [0.5, 0.6) is 0 Å². The SMILES string of the molecule is CC(C)CCn1c(C(F)(F)F)nc2c1CCNC2. The Kier molecular flexibility index (Phi) is 3.66. The minimum atomic E-state index is -4.37. The van der Waals surface area contributed by atoms with Crippen molar-refractivity contribution in [3.8, 4) is 0 Å². The Morgan fingerprint density at radius 1 is 1.39 bits per heavy atom. The van der Waals surface area contributed by atoms with Gasteiger partial charge in [0.05, 0.1) is 5.69 Å². The van der Waals surface area contributed by atoms with Crippen LogP contribution in [0, 0.1) is 5.92 Å². The Morgan fingerprint density at radius 3 is 2.72 bits per heavy atom. The smallest absolute Gasteiger partial charge is 0.324 e. The zero-order chi connectivity index (χ0) is 13.3. The molecule has 18 heavy (non-hydrogen) atoms. The average molecular weight is 261 g/mol. The van der Waals surface area contributed by atoms with Crippen molar-refractivity contribution in [1.29, 1.82) is 0 Å². The second-order valence-corrected chi connectivity index (χ2v) is 5.09. The van der Waals surface area contributed by atoms with Crippen molar-refractivity contribution < 1.29 is 13.2 Å². The molecule has 0 unspecified atom stereocenters. The minimum absolute atomic E-state index is 0.380. The van der Waals surface area contributed by atoms with Crippen molar-refractivity contribution in [3.05, 3.63) is 17.2 Å². The predicted octanol–water partition coefficient (Wildman–Crippen LogP) is 2.59. The number of nitrogens with zero attached hydrogens (tertiary/aromatic N) is 2. The molecule has 2 rings (SSSR count). The van der Waals surface area contributed by atoms with Crippen LogP contribution in [0.2, 0.25) is 0 Å². The molecule has 1 aliphatic rings. The Labute approximate surface area is 104 Å². The molecule has 102 valence electrons. The maximum atomic E-state index is 13.0. The standard InChI is InChI=1S/C12H18F3N3/c1-8(2)4-6-18-10-3-5-16-7-9(10)17-11(18)12(13,14)15/h8,16H,3-7H2,1-2H3. The number of halogens is 3. The lowest BCUT2D eigenvalue weighted by molar-refractivity contribution is -0.147. The van der Waals surface area contributed by atoms with Gasteiger partial charge in [-0.2, -0.15) is 13.2 Å². The molecule has 0 saturated heterocycles. The summed E-state index contributed by atoms with van der Waals surface area (Å²) in [4.78, 5) is 3.78. The van der Waals surface area contributed by atoms with E-state index in [1.807, 2.05) is 13.8 Å². The largest absolute Gasteiger partial charge is 0.449 e. The molecule has 3 nitrogen and oxygen atoms in total. The van der Waals surface area contributed by atoms with E-state index in [0.717, 1.165) is 18.7 Å². The summed E-state index contributed by atoms with van der Waals surface area (Å²) >= 11 is 0. The van der Waals surface area contributed by atoms with Gasteiger partial charge in [0.2, 0.25) is 5.82 Å². The van der Waals surface area contributed by atoms with E-state index in [-0.39, 0.29) is 0 Å². The van der Waals surface area contributed by atoms with Crippen molar-refractivity contribution in [2.24, 2.45) is 5.92 Å². The molecule has 0 radical (unpaired) electrons. The normalized spacial score (nSPS) is 16.1. The summed E-state index contributed by atoms with van der Waals surface area (Å²) in [5.74, 6) is -0.359. The highest BCUT2D eigenvalue weighted by Gasteiger charge is 2.39. The third-order valence-electron chi connectivity index (χ3n) is 3.17. The molecule has 1 aromatic heterocycles. The van der Waals surface area contributed by atoms with Gasteiger partial charge < -0.3 is 9.88 Å². The van der Waals surface area contributed by atoms with Crippen LogP contribution in [0.15, 0.2) is 0 Å². The van der Waals surface area contributed by atoms with Crippen molar-refractivity contribution in [3.63, 3.8) is 0 Å². The van der Waals surface area contributed by atoms with Gasteiger partial charge in [-0.15, -0.1) is 0 Å². The van der Waals surface area contributed by atoms with Gasteiger partial charge in [0.15, 0.2) is 0 Å². The van der Waals surface area contributed by atoms with Gasteiger partial charge in [-0.3, -0.25) is 0 Å². The average Bonchev–Trinajstić information content (AvgIpc) is 2.64. The fraction of sp³-hybridized carbons (Fsp3) is 0.750. The third-order valence-corrected chi connectivity index (χ3v) is 3.17. The first-order valence-electron chi connectivity index (χ1n) is 6.25. The Bertz CT molecular complexity index is 421. The summed E-state index contributed by atoms with van der Waals surface area (Å²) in [6, 6.07) is 0. The van der Waals surface area contributed by atoms with Crippen LogP contribution in [-0.2, 0) is 25.7 Å². The summed E-state index contributed by atoms with van der Waals surface area (Å²) < 4.78 is 40.2. The number of rotatable bonds is 3. The highest BCUT2D eigenvalue weighted by molar-refractivity contribution is 5.21. The van der Waals surface area contributed by atoms with Gasteiger partial charge in [-0.1, -0.05) is 13.8 Å². The van der Waals surface area contributed by atoms with Crippen molar-refractivity contribution in [2.45, 2.75) is 46.0 Å². The molecule has 6 heteroatoms. The van der Waals surface area contributed by atoms with E-state index in [4.69, 9.17) is 0 Å². The topological polar surface area (TPSA) is 29.9 Å². The Morgan fingerprint density at radius 2 is 2.11 bits per heavy atom. The molecule has 1 aromatic rings. The summed E-state index contributed by atoms with van der Waals surface area (Å²) in [7, 11) is 0. The second-order valence-electron chi connectivity index (χ2n) is 5.09. The maximum Gasteiger partial charge on any atom is 0.449 e. The van der Waals surface area contributed by atoms with Gasteiger partial charge in [0, 0.05) is 31.7 Å². The van der Waals surface area contributed by atoms with Crippen LogP contribution in [0.3, 0.4) is 0 Å². The van der Waals surface area contributed by atoms with E-state index in [1.54, 1.807) is 0 Å². The number of fused-ring (bicyclic) bond motifs is 1. The highest BCUT2D eigenvalue weighted by atomic mass is 19.4. The van der Waals surface area contributed by atoms with Crippen LogP contribution in [0.4, 0.5) is 13.2 Å². The lowest BCUT2D eigenvalue weighted by Crippen LogP contribution is -2.25. The highest BCUT2D eigenvalue weighted by Crippen LogP contribution is 2.31. The molecule has 0 fully saturated rings. The fourth-order valence-corrected chi connectivity index (χ4v) is 2.22. The van der Waals surface area contributed by atoms with Crippen molar-refractivity contribution in [1.82, 2.24) is 14.9 Å². The van der Waals surface area contributed by atoms with E-state index < -0.39 is 12.0 Å². The molecule has 0 bridgehead atoms. The molecule has 2 heterocycles. The summed E-state index contributed by atoms with van der Waals surface area (Å²) in [6.07, 6.45) is -3.01. The van der Waals surface area contributed by atoms with E-state index in [2.05, 4.69) is 10.3 Å². The van der Waals surface area contributed by atoms with Crippen LogP contribution in [0.1, 0.15) is 37.5 Å². The van der Waals surface area contributed by atoms with Gasteiger partial charge in [0.1, 0.15) is 0 Å². The number of aromatic nitrogens is 2. The van der Waals surface area contributed by atoms with Gasteiger partial charge in [-0.25, -0.2) is 4.98 Å². The Balaban J connectivity index is 2.36. The van der Waals surface area contributed by atoms with E-state index >= 15 is 0 Å². The molecule has 0 amide bonds. The van der Waals surface area contributed by atoms with Crippen molar-refractivity contribution in [2.75, 3.05) is 6.54 Å². The molecule has 1 aliphatic heterocycles. The van der Waals surface area contributed by atoms with Crippen LogP contribution < -0.4 is 5.32 Å². The fourth-order valence-electron chi connectivity index (χ4n) is 2.22. The minimum Gasteiger partial charge on any atom is -0.324 e. The monoisotopic (exact) mass is 261 g/mol. The zero-order valence-corrected chi connectivity index (χ0v) is 10.6. The summed E-state index contributed by atoms with van der Waals surface area (Å²) in [5, 5.41) is 3.05. The first-order chi connectivity index (χ1) is 8.39. The van der Waals surface area contributed by atoms with Gasteiger partial charge in [-0.05, 0) is 12.3 Å². The van der Waals surface area contributed by atoms with Crippen LogP contribution >= 0.6 is 0 Å². The molecule has 0 saturated carbocycles. The third kappa shape index (κ3) is 2.68. The number of hydrogen-bond donors (Lipinski definition) is 1. The molecular formula is C12H18F3N3. The van der Waals surface area contributed by atoms with Gasteiger partial charge >= 0.3 is 6.18 Å². The second kappa shape index (κ2) is 4.91. The lowest BCUT2D eigenvalue weighted by atomic mass is 10.1. The van der Waals surface area contributed by atoms with Crippen LogP contribution in [-0.4, -0.2) is 16.1 Å². The first-order valence-corrected chi connectivity index (χ1v) is 6.25. The molecule has 0 aliphatic carbocycles.